The van der Waals surface area contributed by atoms with E-state index in [0.717, 1.165) is 25.7 Å². The number of halogens is 3. The Labute approximate surface area is 88.4 Å². The van der Waals surface area contributed by atoms with E-state index >= 15 is 0 Å². The fourth-order valence-electron chi connectivity index (χ4n) is 2.26. The Bertz CT molecular complexity index is 182. The molecular formula is C10H19F3N2. The van der Waals surface area contributed by atoms with Crippen molar-refractivity contribution in [3.63, 3.8) is 0 Å². The summed E-state index contributed by atoms with van der Waals surface area (Å²) in [5.74, 6) is 0.727. The van der Waals surface area contributed by atoms with Gasteiger partial charge in [0, 0.05) is 0 Å². The number of alkyl halides is 3. The highest BCUT2D eigenvalue weighted by atomic mass is 19.4. The molecule has 0 spiro atoms. The van der Waals surface area contributed by atoms with Crippen molar-refractivity contribution in [2.45, 2.75) is 31.9 Å². The van der Waals surface area contributed by atoms with Crippen molar-refractivity contribution >= 4 is 0 Å². The molecule has 1 aliphatic rings. The van der Waals surface area contributed by atoms with Gasteiger partial charge in [0.15, 0.2) is 0 Å². The maximum absolute atomic E-state index is 11.9. The van der Waals surface area contributed by atoms with E-state index in [1.165, 1.54) is 0 Å². The highest BCUT2D eigenvalue weighted by Crippen LogP contribution is 2.28. The molecule has 0 radical (unpaired) electrons. The molecule has 0 aromatic rings. The van der Waals surface area contributed by atoms with Gasteiger partial charge in [0.25, 0.3) is 0 Å². The lowest BCUT2D eigenvalue weighted by Gasteiger charge is -2.30. The van der Waals surface area contributed by atoms with Crippen molar-refractivity contribution < 1.29 is 13.2 Å². The van der Waals surface area contributed by atoms with E-state index in [4.69, 9.17) is 5.73 Å². The first-order valence-corrected chi connectivity index (χ1v) is 5.50. The van der Waals surface area contributed by atoms with Gasteiger partial charge >= 0.3 is 6.18 Å². The molecule has 2 atom stereocenters. The second kappa shape index (κ2) is 5.70. The summed E-state index contributed by atoms with van der Waals surface area (Å²) < 4.78 is 35.7. The van der Waals surface area contributed by atoms with Crippen molar-refractivity contribution in [1.82, 2.24) is 5.32 Å². The van der Waals surface area contributed by atoms with E-state index in [1.54, 1.807) is 0 Å². The summed E-state index contributed by atoms with van der Waals surface area (Å²) in [5, 5.41) is 2.48. The molecule has 3 N–H and O–H groups in total. The summed E-state index contributed by atoms with van der Waals surface area (Å²) in [6.45, 7) is 0.153. The summed E-state index contributed by atoms with van der Waals surface area (Å²) in [6, 6.07) is 0. The van der Waals surface area contributed by atoms with E-state index in [9.17, 15) is 13.2 Å². The van der Waals surface area contributed by atoms with Crippen LogP contribution in [0.15, 0.2) is 0 Å². The summed E-state index contributed by atoms with van der Waals surface area (Å²) >= 11 is 0. The lowest BCUT2D eigenvalue weighted by molar-refractivity contribution is -0.125. The number of rotatable bonds is 4. The Hall–Kier alpha value is -0.290. The molecule has 2 nitrogen and oxygen atoms in total. The van der Waals surface area contributed by atoms with E-state index in [-0.39, 0.29) is 0 Å². The van der Waals surface area contributed by atoms with Gasteiger partial charge in [0.05, 0.1) is 6.54 Å². The average molecular weight is 224 g/mol. The van der Waals surface area contributed by atoms with Crippen LogP contribution in [0.2, 0.25) is 0 Å². The molecular weight excluding hydrogens is 205 g/mol. The van der Waals surface area contributed by atoms with Gasteiger partial charge in [-0.2, -0.15) is 13.2 Å². The first-order chi connectivity index (χ1) is 7.03. The zero-order valence-corrected chi connectivity index (χ0v) is 8.82. The molecule has 1 saturated carbocycles. The molecule has 1 fully saturated rings. The SMILES string of the molecule is NCC1CCCCC1CNCC(F)(F)F. The van der Waals surface area contributed by atoms with Crippen LogP contribution in [0.4, 0.5) is 13.2 Å². The minimum atomic E-state index is -4.10. The first kappa shape index (κ1) is 12.8. The largest absolute Gasteiger partial charge is 0.401 e. The molecule has 1 rings (SSSR count). The van der Waals surface area contributed by atoms with Crippen molar-refractivity contribution in [2.24, 2.45) is 17.6 Å². The molecule has 0 amide bonds. The van der Waals surface area contributed by atoms with Gasteiger partial charge in [-0.05, 0) is 37.8 Å². The van der Waals surface area contributed by atoms with Gasteiger partial charge in [0.1, 0.15) is 0 Å². The molecule has 0 aromatic heterocycles. The summed E-state index contributed by atoms with van der Waals surface area (Å²) in [6.07, 6.45) is 0.251. The standard InChI is InChI=1S/C10H19F3N2/c11-10(12,13)7-15-6-9-4-2-1-3-8(9)5-14/h8-9,15H,1-7,14H2. The van der Waals surface area contributed by atoms with E-state index in [0.29, 0.717) is 24.9 Å². The Balaban J connectivity index is 2.23. The maximum atomic E-state index is 11.9. The fourth-order valence-corrected chi connectivity index (χ4v) is 2.26. The second-order valence-electron chi connectivity index (χ2n) is 4.29. The van der Waals surface area contributed by atoms with Crippen molar-refractivity contribution in [3.8, 4) is 0 Å². The monoisotopic (exact) mass is 224 g/mol. The highest BCUT2D eigenvalue weighted by Gasteiger charge is 2.28. The van der Waals surface area contributed by atoms with Gasteiger partial charge in [-0.3, -0.25) is 0 Å². The van der Waals surface area contributed by atoms with Crippen LogP contribution >= 0.6 is 0 Å². The lowest BCUT2D eigenvalue weighted by Crippen LogP contribution is -2.38. The summed E-state index contributed by atoms with van der Waals surface area (Å²) in [7, 11) is 0. The molecule has 15 heavy (non-hydrogen) atoms. The molecule has 2 unspecified atom stereocenters. The Kier molecular flexibility index (Phi) is 4.86. The van der Waals surface area contributed by atoms with Crippen LogP contribution in [0.1, 0.15) is 25.7 Å². The minimum Gasteiger partial charge on any atom is -0.330 e. The second-order valence-corrected chi connectivity index (χ2v) is 4.29. The van der Waals surface area contributed by atoms with Gasteiger partial charge in [-0.15, -0.1) is 0 Å². The van der Waals surface area contributed by atoms with Gasteiger partial charge in [-0.25, -0.2) is 0 Å². The predicted octanol–water partition coefficient (Wildman–Crippen LogP) is 1.90. The van der Waals surface area contributed by atoms with E-state index < -0.39 is 12.7 Å². The van der Waals surface area contributed by atoms with Crippen molar-refractivity contribution in [1.29, 1.82) is 0 Å². The van der Waals surface area contributed by atoms with Crippen molar-refractivity contribution in [3.05, 3.63) is 0 Å². The Morgan fingerprint density at radius 3 is 2.27 bits per heavy atom. The molecule has 1 aliphatic carbocycles. The topological polar surface area (TPSA) is 38.0 Å². The lowest BCUT2D eigenvalue weighted by atomic mass is 9.79. The van der Waals surface area contributed by atoms with E-state index in [1.807, 2.05) is 0 Å². The van der Waals surface area contributed by atoms with Crippen molar-refractivity contribution in [2.75, 3.05) is 19.6 Å². The molecule has 0 saturated heterocycles. The smallest absolute Gasteiger partial charge is 0.330 e. The molecule has 0 bridgehead atoms. The fraction of sp³-hybridized carbons (Fsp3) is 1.00. The summed E-state index contributed by atoms with van der Waals surface area (Å²) in [5.41, 5.74) is 5.60. The Morgan fingerprint density at radius 1 is 1.13 bits per heavy atom. The number of nitrogens with one attached hydrogen (secondary N) is 1. The summed E-state index contributed by atoms with van der Waals surface area (Å²) in [4.78, 5) is 0. The maximum Gasteiger partial charge on any atom is 0.401 e. The molecule has 0 aromatic carbocycles. The first-order valence-electron chi connectivity index (χ1n) is 5.50. The molecule has 0 heterocycles. The van der Waals surface area contributed by atoms with Crippen LogP contribution < -0.4 is 11.1 Å². The molecule has 0 aliphatic heterocycles. The highest BCUT2D eigenvalue weighted by molar-refractivity contribution is 4.78. The van der Waals surface area contributed by atoms with Crippen LogP contribution in [-0.2, 0) is 0 Å². The van der Waals surface area contributed by atoms with Gasteiger partial charge in [0.2, 0.25) is 0 Å². The molecule has 90 valence electrons. The van der Waals surface area contributed by atoms with Crippen LogP contribution in [0.3, 0.4) is 0 Å². The van der Waals surface area contributed by atoms with Crippen LogP contribution in [0.25, 0.3) is 0 Å². The third kappa shape index (κ3) is 4.84. The predicted molar refractivity (Wildman–Crippen MR) is 53.4 cm³/mol. The number of hydrogen-bond acceptors (Lipinski definition) is 2. The van der Waals surface area contributed by atoms with Gasteiger partial charge in [-0.1, -0.05) is 12.8 Å². The van der Waals surface area contributed by atoms with Crippen LogP contribution in [0, 0.1) is 11.8 Å². The Morgan fingerprint density at radius 2 is 1.73 bits per heavy atom. The molecule has 5 heteroatoms. The van der Waals surface area contributed by atoms with Gasteiger partial charge < -0.3 is 11.1 Å². The minimum absolute atomic E-state index is 0.325. The third-order valence-corrected chi connectivity index (χ3v) is 3.10. The number of hydrogen-bond donors (Lipinski definition) is 2. The quantitative estimate of drug-likeness (QED) is 0.765. The average Bonchev–Trinajstić information content (AvgIpc) is 2.16. The van der Waals surface area contributed by atoms with Crippen LogP contribution in [0.5, 0.6) is 0 Å². The van der Waals surface area contributed by atoms with E-state index in [2.05, 4.69) is 5.32 Å². The zero-order valence-electron chi connectivity index (χ0n) is 8.82. The van der Waals surface area contributed by atoms with Crippen LogP contribution in [-0.4, -0.2) is 25.8 Å². The third-order valence-electron chi connectivity index (χ3n) is 3.10. The normalized spacial score (nSPS) is 28.0. The number of nitrogens with two attached hydrogens (primary N) is 1. The zero-order chi connectivity index (χ0) is 11.3.